The normalized spacial score (nSPS) is 15.1. The Morgan fingerprint density at radius 2 is 1.76 bits per heavy atom. The number of aliphatic carboxylic acids is 1. The van der Waals surface area contributed by atoms with Crippen LogP contribution in [0.3, 0.4) is 0 Å². The Kier molecular flexibility index (Phi) is 7.09. The van der Waals surface area contributed by atoms with E-state index in [1.54, 1.807) is 6.07 Å². The molecular weight excluding hydrogens is 481 g/mol. The van der Waals surface area contributed by atoms with Crippen LogP contribution in [0.1, 0.15) is 43.2 Å². The van der Waals surface area contributed by atoms with Gasteiger partial charge < -0.3 is 10.4 Å². The zero-order valence-corrected chi connectivity index (χ0v) is 21.3. The van der Waals surface area contributed by atoms with Gasteiger partial charge in [-0.15, -0.1) is 0 Å². The first-order valence-corrected chi connectivity index (χ1v) is 12.9. The van der Waals surface area contributed by atoms with Gasteiger partial charge in [0.2, 0.25) is 5.91 Å². The van der Waals surface area contributed by atoms with Crippen molar-refractivity contribution >= 4 is 34.5 Å². The van der Waals surface area contributed by atoms with Gasteiger partial charge >= 0.3 is 5.97 Å². The highest BCUT2D eigenvalue weighted by Gasteiger charge is 2.39. The SMILES string of the molecule is Cn1ncc2cc(-c3ccc(CC4(C(=O)Nc5cc(F)cc(/C=C/C(=O)O)c5)CCCCC4)cc3)ccc21. The maximum Gasteiger partial charge on any atom is 0.328 e. The molecule has 1 saturated carbocycles. The van der Waals surface area contributed by atoms with Gasteiger partial charge in [-0.2, -0.15) is 5.10 Å². The van der Waals surface area contributed by atoms with Gasteiger partial charge in [-0.1, -0.05) is 49.6 Å². The Labute approximate surface area is 220 Å². The minimum absolute atomic E-state index is 0.123. The number of nitrogens with one attached hydrogen (secondary N) is 1. The van der Waals surface area contributed by atoms with Crippen molar-refractivity contribution < 1.29 is 19.1 Å². The van der Waals surface area contributed by atoms with Crippen LogP contribution < -0.4 is 5.32 Å². The van der Waals surface area contributed by atoms with Gasteiger partial charge in [0.25, 0.3) is 0 Å². The number of carboxylic acids is 1. The number of halogens is 1. The predicted octanol–water partition coefficient (Wildman–Crippen LogP) is 6.61. The standard InChI is InChI=1S/C31H30FN3O3/c1-35-28-11-10-24(17-25(28)20-33-35)23-8-5-21(6-9-23)19-31(13-3-2-4-14-31)30(38)34-27-16-22(7-12-29(36)37)15-26(32)18-27/h5-12,15-18,20H,2-4,13-14,19H2,1H3,(H,34,38)(H,36,37)/b12-7+. The highest BCUT2D eigenvalue weighted by atomic mass is 19.1. The molecule has 1 amide bonds. The summed E-state index contributed by atoms with van der Waals surface area (Å²) >= 11 is 0. The third-order valence-corrected chi connectivity index (χ3v) is 7.46. The number of amides is 1. The minimum Gasteiger partial charge on any atom is -0.478 e. The highest BCUT2D eigenvalue weighted by Crippen LogP contribution is 2.41. The first kappa shape index (κ1) is 25.4. The molecular formula is C31H30FN3O3. The topological polar surface area (TPSA) is 84.2 Å². The lowest BCUT2D eigenvalue weighted by molar-refractivity contribution is -0.131. The maximum absolute atomic E-state index is 14.2. The fourth-order valence-corrected chi connectivity index (χ4v) is 5.47. The van der Waals surface area contributed by atoms with Crippen LogP contribution in [0.15, 0.2) is 72.9 Å². The number of carbonyl (C=O) groups excluding carboxylic acids is 1. The zero-order chi connectivity index (χ0) is 26.7. The minimum atomic E-state index is -1.12. The first-order chi connectivity index (χ1) is 18.3. The Hall–Kier alpha value is -4.26. The molecule has 0 aliphatic heterocycles. The molecule has 0 saturated heterocycles. The molecule has 1 aliphatic rings. The van der Waals surface area contributed by atoms with E-state index < -0.39 is 17.2 Å². The molecule has 0 radical (unpaired) electrons. The molecule has 0 atom stereocenters. The Morgan fingerprint density at radius 1 is 1.03 bits per heavy atom. The molecule has 1 heterocycles. The molecule has 4 aromatic rings. The largest absolute Gasteiger partial charge is 0.478 e. The monoisotopic (exact) mass is 511 g/mol. The number of aromatic nitrogens is 2. The van der Waals surface area contributed by atoms with Gasteiger partial charge in [0.15, 0.2) is 0 Å². The summed E-state index contributed by atoms with van der Waals surface area (Å²) in [6.07, 6.45) is 9.27. The number of aryl methyl sites for hydroxylation is 1. The number of carbonyl (C=O) groups is 2. The Morgan fingerprint density at radius 3 is 2.50 bits per heavy atom. The molecule has 1 aliphatic carbocycles. The van der Waals surface area contributed by atoms with E-state index in [2.05, 4.69) is 52.9 Å². The van der Waals surface area contributed by atoms with E-state index in [0.717, 1.165) is 65.8 Å². The van der Waals surface area contributed by atoms with E-state index in [9.17, 15) is 14.0 Å². The third kappa shape index (κ3) is 5.52. The maximum atomic E-state index is 14.2. The molecule has 0 bridgehead atoms. The smallest absolute Gasteiger partial charge is 0.328 e. The molecule has 3 aromatic carbocycles. The molecule has 7 heteroatoms. The molecule has 0 unspecified atom stereocenters. The number of hydrogen-bond donors (Lipinski definition) is 2. The van der Waals surface area contributed by atoms with Crippen LogP contribution in [0.4, 0.5) is 10.1 Å². The molecule has 0 spiro atoms. The summed E-state index contributed by atoms with van der Waals surface area (Å²) in [5, 5.41) is 17.2. The third-order valence-electron chi connectivity index (χ3n) is 7.46. The fourth-order valence-electron chi connectivity index (χ4n) is 5.47. The van der Waals surface area contributed by atoms with E-state index in [1.165, 1.54) is 18.2 Å². The number of rotatable bonds is 7. The molecule has 38 heavy (non-hydrogen) atoms. The van der Waals surface area contributed by atoms with Crippen molar-refractivity contribution in [1.29, 1.82) is 0 Å². The van der Waals surface area contributed by atoms with Crippen molar-refractivity contribution in [3.05, 3.63) is 89.9 Å². The van der Waals surface area contributed by atoms with Crippen molar-refractivity contribution in [2.75, 3.05) is 5.32 Å². The average molecular weight is 512 g/mol. The predicted molar refractivity (Wildman–Crippen MR) is 147 cm³/mol. The Balaban J connectivity index is 1.36. The fraction of sp³-hybridized carbons (Fsp3) is 0.258. The van der Waals surface area contributed by atoms with Crippen LogP contribution in [0, 0.1) is 11.2 Å². The number of hydrogen-bond acceptors (Lipinski definition) is 3. The molecule has 1 aromatic heterocycles. The molecule has 5 rings (SSSR count). The second-order valence-corrected chi connectivity index (χ2v) is 10.2. The number of nitrogens with zero attached hydrogens (tertiary/aromatic N) is 2. The van der Waals surface area contributed by atoms with Gasteiger partial charge in [0, 0.05) is 24.2 Å². The summed E-state index contributed by atoms with van der Waals surface area (Å²) in [6.45, 7) is 0. The van der Waals surface area contributed by atoms with Crippen LogP contribution in [0.5, 0.6) is 0 Å². The lowest BCUT2D eigenvalue weighted by atomic mass is 9.69. The van der Waals surface area contributed by atoms with E-state index in [0.29, 0.717) is 17.7 Å². The van der Waals surface area contributed by atoms with Gasteiger partial charge in [-0.3, -0.25) is 9.48 Å². The number of benzene rings is 3. The highest BCUT2D eigenvalue weighted by molar-refractivity contribution is 5.96. The number of fused-ring (bicyclic) bond motifs is 1. The molecule has 1 fully saturated rings. The average Bonchev–Trinajstić information content (AvgIpc) is 3.28. The second-order valence-electron chi connectivity index (χ2n) is 10.2. The lowest BCUT2D eigenvalue weighted by Crippen LogP contribution is -2.40. The van der Waals surface area contributed by atoms with Gasteiger partial charge in [0.05, 0.1) is 17.1 Å². The lowest BCUT2D eigenvalue weighted by Gasteiger charge is -2.36. The molecule has 2 N–H and O–H groups in total. The van der Waals surface area contributed by atoms with Crippen molar-refractivity contribution in [3.63, 3.8) is 0 Å². The summed E-state index contributed by atoms with van der Waals surface area (Å²) in [5.74, 6) is -1.78. The van der Waals surface area contributed by atoms with E-state index in [-0.39, 0.29) is 5.91 Å². The quantitative estimate of drug-likeness (QED) is 0.274. The summed E-state index contributed by atoms with van der Waals surface area (Å²) in [6, 6.07) is 18.7. The summed E-state index contributed by atoms with van der Waals surface area (Å²) < 4.78 is 16.1. The van der Waals surface area contributed by atoms with E-state index in [4.69, 9.17) is 5.11 Å². The van der Waals surface area contributed by atoms with Crippen molar-refractivity contribution in [3.8, 4) is 11.1 Å². The number of anilines is 1. The van der Waals surface area contributed by atoms with Crippen LogP contribution in [0.2, 0.25) is 0 Å². The van der Waals surface area contributed by atoms with Crippen molar-refractivity contribution in [2.45, 2.75) is 38.5 Å². The van der Waals surface area contributed by atoms with Crippen LogP contribution >= 0.6 is 0 Å². The molecule has 6 nitrogen and oxygen atoms in total. The van der Waals surface area contributed by atoms with Crippen LogP contribution in [-0.4, -0.2) is 26.8 Å². The summed E-state index contributed by atoms with van der Waals surface area (Å²) in [4.78, 5) is 24.5. The van der Waals surface area contributed by atoms with Gasteiger partial charge in [0.1, 0.15) is 5.82 Å². The first-order valence-electron chi connectivity index (χ1n) is 12.9. The zero-order valence-electron chi connectivity index (χ0n) is 21.3. The van der Waals surface area contributed by atoms with Crippen LogP contribution in [-0.2, 0) is 23.1 Å². The summed E-state index contributed by atoms with van der Waals surface area (Å²) in [7, 11) is 1.93. The van der Waals surface area contributed by atoms with Crippen LogP contribution in [0.25, 0.3) is 28.1 Å². The number of carboxylic acid groups (broad SMARTS) is 1. The van der Waals surface area contributed by atoms with Gasteiger partial charge in [-0.05, 0) is 77.9 Å². The molecule has 194 valence electrons. The summed E-state index contributed by atoms with van der Waals surface area (Å²) in [5.41, 5.74) is 4.49. The Bertz CT molecular complexity index is 1520. The second kappa shape index (κ2) is 10.6. The van der Waals surface area contributed by atoms with Crippen molar-refractivity contribution in [1.82, 2.24) is 9.78 Å². The van der Waals surface area contributed by atoms with Crippen molar-refractivity contribution in [2.24, 2.45) is 12.5 Å². The van der Waals surface area contributed by atoms with Gasteiger partial charge in [-0.25, -0.2) is 9.18 Å². The van der Waals surface area contributed by atoms with E-state index >= 15 is 0 Å². The van der Waals surface area contributed by atoms with E-state index in [1.807, 2.05) is 17.9 Å².